The number of imidazole rings is 1. The Morgan fingerprint density at radius 3 is 2.42 bits per heavy atom. The largest absolute Gasteiger partial charge is 0.491 e. The quantitative estimate of drug-likeness (QED) is 0.474. The zero-order chi connectivity index (χ0) is 22.4. The predicted octanol–water partition coefficient (Wildman–Crippen LogP) is 5.52. The van der Waals surface area contributed by atoms with Crippen molar-refractivity contribution in [2.75, 3.05) is 13.7 Å². The van der Waals surface area contributed by atoms with Crippen molar-refractivity contribution in [2.24, 2.45) is 5.73 Å². The average molecular weight is 419 g/mol. The van der Waals surface area contributed by atoms with Crippen molar-refractivity contribution in [3.63, 3.8) is 0 Å². The van der Waals surface area contributed by atoms with E-state index in [-0.39, 0.29) is 6.04 Å². The van der Waals surface area contributed by atoms with Gasteiger partial charge in [0.05, 0.1) is 18.8 Å². The Balaban J connectivity index is 0.000000645. The standard InChI is InChI=1S/C21H18N4O2.2C2H6/c1-26-19-10-9-18-23-20(14-7-8-15-16(22)12-27-17(15)11-14)21(25(18)24-19)13-5-3-2-4-6-13;2*1-2/h2-11,16H,12,22H2,1H3;2*1-2H3. The number of nitrogens with zero attached hydrogens (tertiary/aromatic N) is 3. The molecule has 0 amide bonds. The summed E-state index contributed by atoms with van der Waals surface area (Å²) >= 11 is 0. The lowest BCUT2D eigenvalue weighted by atomic mass is 10.0. The second-order valence-electron chi connectivity index (χ2n) is 6.49. The number of hydrogen-bond acceptors (Lipinski definition) is 5. The third-order valence-electron chi connectivity index (χ3n) is 4.81. The smallest absolute Gasteiger partial charge is 0.231 e. The summed E-state index contributed by atoms with van der Waals surface area (Å²) in [7, 11) is 1.61. The van der Waals surface area contributed by atoms with E-state index in [0.717, 1.165) is 39.5 Å². The Morgan fingerprint density at radius 1 is 0.968 bits per heavy atom. The van der Waals surface area contributed by atoms with Crippen LogP contribution >= 0.6 is 0 Å². The fourth-order valence-electron chi connectivity index (χ4n) is 3.46. The molecule has 1 unspecified atom stereocenters. The summed E-state index contributed by atoms with van der Waals surface area (Å²) in [5.41, 5.74) is 11.6. The minimum atomic E-state index is -0.0744. The number of rotatable bonds is 3. The molecule has 4 aromatic rings. The minimum Gasteiger partial charge on any atom is -0.491 e. The van der Waals surface area contributed by atoms with E-state index in [9.17, 15) is 0 Å². The van der Waals surface area contributed by atoms with Crippen LogP contribution < -0.4 is 15.2 Å². The molecule has 0 saturated heterocycles. The summed E-state index contributed by atoms with van der Waals surface area (Å²) in [5.74, 6) is 1.36. The topological polar surface area (TPSA) is 74.7 Å². The van der Waals surface area contributed by atoms with Gasteiger partial charge in [0.1, 0.15) is 18.1 Å². The normalized spacial score (nSPS) is 13.9. The van der Waals surface area contributed by atoms with Gasteiger partial charge in [0.15, 0.2) is 5.65 Å². The zero-order valence-electron chi connectivity index (χ0n) is 18.8. The van der Waals surface area contributed by atoms with Gasteiger partial charge in [-0.25, -0.2) is 9.50 Å². The molecule has 0 aliphatic carbocycles. The Morgan fingerprint density at radius 2 is 1.71 bits per heavy atom. The maximum atomic E-state index is 6.08. The van der Waals surface area contributed by atoms with Crippen LogP contribution in [-0.4, -0.2) is 28.3 Å². The fraction of sp³-hybridized carbons (Fsp3) is 0.280. The number of fused-ring (bicyclic) bond motifs is 2. The van der Waals surface area contributed by atoms with Crippen molar-refractivity contribution in [1.82, 2.24) is 14.6 Å². The second kappa shape index (κ2) is 10.1. The van der Waals surface area contributed by atoms with Crippen LogP contribution in [0.5, 0.6) is 11.6 Å². The molecular formula is C25H30N4O2. The van der Waals surface area contributed by atoms with Gasteiger partial charge < -0.3 is 15.2 Å². The van der Waals surface area contributed by atoms with E-state index in [0.29, 0.717) is 12.5 Å². The zero-order valence-corrected chi connectivity index (χ0v) is 18.8. The molecule has 0 saturated carbocycles. The molecule has 0 fully saturated rings. The summed E-state index contributed by atoms with van der Waals surface area (Å²) in [6.45, 7) is 8.51. The molecule has 6 heteroatoms. The summed E-state index contributed by atoms with van der Waals surface area (Å²) in [6.07, 6.45) is 0. The predicted molar refractivity (Wildman–Crippen MR) is 126 cm³/mol. The molecule has 1 atom stereocenters. The first-order chi connectivity index (χ1) is 15.2. The van der Waals surface area contributed by atoms with Crippen molar-refractivity contribution in [1.29, 1.82) is 0 Å². The highest BCUT2D eigenvalue weighted by Crippen LogP contribution is 2.38. The van der Waals surface area contributed by atoms with Crippen molar-refractivity contribution in [3.8, 4) is 34.1 Å². The van der Waals surface area contributed by atoms with Crippen molar-refractivity contribution < 1.29 is 9.47 Å². The Bertz CT molecular complexity index is 1140. The van der Waals surface area contributed by atoms with Gasteiger partial charge in [-0.15, -0.1) is 5.10 Å². The number of nitrogens with two attached hydrogens (primary N) is 1. The van der Waals surface area contributed by atoms with Crippen LogP contribution in [0, 0.1) is 0 Å². The molecule has 2 aromatic carbocycles. The first-order valence-corrected chi connectivity index (χ1v) is 10.8. The first kappa shape index (κ1) is 22.3. The van der Waals surface area contributed by atoms with E-state index >= 15 is 0 Å². The molecule has 3 heterocycles. The van der Waals surface area contributed by atoms with Crippen molar-refractivity contribution in [2.45, 2.75) is 33.7 Å². The van der Waals surface area contributed by atoms with E-state index in [1.807, 2.05) is 92.9 Å². The van der Waals surface area contributed by atoms with Gasteiger partial charge >= 0.3 is 0 Å². The molecule has 6 nitrogen and oxygen atoms in total. The fourth-order valence-corrected chi connectivity index (χ4v) is 3.46. The highest BCUT2D eigenvalue weighted by Gasteiger charge is 2.23. The Kier molecular flexibility index (Phi) is 7.26. The average Bonchev–Trinajstić information content (AvgIpc) is 3.42. The summed E-state index contributed by atoms with van der Waals surface area (Å²) < 4.78 is 12.9. The molecular weight excluding hydrogens is 388 g/mol. The summed E-state index contributed by atoms with van der Waals surface area (Å²) in [6, 6.07) is 19.8. The summed E-state index contributed by atoms with van der Waals surface area (Å²) in [5, 5.41) is 4.58. The van der Waals surface area contributed by atoms with Gasteiger partial charge in [0, 0.05) is 22.8 Å². The van der Waals surface area contributed by atoms with Crippen molar-refractivity contribution >= 4 is 5.65 Å². The molecule has 2 N–H and O–H groups in total. The van der Waals surface area contributed by atoms with Gasteiger partial charge in [-0.1, -0.05) is 70.2 Å². The SMILES string of the molecule is CC.CC.COc1ccc2nc(-c3ccc4c(c3)OCC4N)c(-c3ccccc3)n2n1. The third kappa shape index (κ3) is 4.25. The highest BCUT2D eigenvalue weighted by atomic mass is 16.5. The second-order valence-corrected chi connectivity index (χ2v) is 6.49. The Labute approximate surface area is 183 Å². The van der Waals surface area contributed by atoms with Crippen LogP contribution in [0.2, 0.25) is 0 Å². The lowest BCUT2D eigenvalue weighted by molar-refractivity contribution is 0.333. The van der Waals surface area contributed by atoms with Crippen LogP contribution in [0.3, 0.4) is 0 Å². The molecule has 2 aromatic heterocycles. The van der Waals surface area contributed by atoms with Gasteiger partial charge in [-0.05, 0) is 12.1 Å². The Hall–Kier alpha value is -3.38. The van der Waals surface area contributed by atoms with Crippen LogP contribution in [-0.2, 0) is 0 Å². The van der Waals surface area contributed by atoms with Crippen LogP contribution in [0.25, 0.3) is 28.2 Å². The maximum absolute atomic E-state index is 6.08. The van der Waals surface area contributed by atoms with Crippen LogP contribution in [0.1, 0.15) is 39.3 Å². The molecule has 31 heavy (non-hydrogen) atoms. The molecule has 0 bridgehead atoms. The summed E-state index contributed by atoms with van der Waals surface area (Å²) in [4.78, 5) is 4.84. The van der Waals surface area contributed by atoms with Crippen LogP contribution in [0.4, 0.5) is 0 Å². The minimum absolute atomic E-state index is 0.0744. The number of aromatic nitrogens is 3. The maximum Gasteiger partial charge on any atom is 0.231 e. The number of benzene rings is 2. The van der Waals surface area contributed by atoms with E-state index < -0.39 is 0 Å². The van der Waals surface area contributed by atoms with Gasteiger partial charge in [-0.2, -0.15) is 0 Å². The molecule has 0 radical (unpaired) electrons. The van der Waals surface area contributed by atoms with Gasteiger partial charge in [0.2, 0.25) is 5.88 Å². The molecule has 162 valence electrons. The monoisotopic (exact) mass is 418 g/mol. The highest BCUT2D eigenvalue weighted by molar-refractivity contribution is 5.82. The van der Waals surface area contributed by atoms with Gasteiger partial charge in [-0.3, -0.25) is 0 Å². The van der Waals surface area contributed by atoms with E-state index in [4.69, 9.17) is 20.2 Å². The lowest BCUT2D eigenvalue weighted by Gasteiger charge is -2.07. The van der Waals surface area contributed by atoms with Gasteiger partial charge in [0.25, 0.3) is 0 Å². The first-order valence-electron chi connectivity index (χ1n) is 10.8. The molecule has 1 aliphatic rings. The molecule has 1 aliphatic heterocycles. The number of methoxy groups -OCH3 is 1. The lowest BCUT2D eigenvalue weighted by Crippen LogP contribution is -2.10. The van der Waals surface area contributed by atoms with E-state index in [2.05, 4.69) is 5.10 Å². The van der Waals surface area contributed by atoms with Crippen molar-refractivity contribution in [3.05, 3.63) is 66.2 Å². The van der Waals surface area contributed by atoms with E-state index in [1.165, 1.54) is 0 Å². The number of ether oxygens (including phenoxy) is 2. The number of hydrogen-bond donors (Lipinski definition) is 1. The van der Waals surface area contributed by atoms with Crippen LogP contribution in [0.15, 0.2) is 60.7 Å². The molecule has 5 rings (SSSR count). The molecule has 0 spiro atoms. The third-order valence-corrected chi connectivity index (χ3v) is 4.81. The van der Waals surface area contributed by atoms with E-state index in [1.54, 1.807) is 7.11 Å².